The lowest BCUT2D eigenvalue weighted by Crippen LogP contribution is -2.21. The van der Waals surface area contributed by atoms with Gasteiger partial charge in [0, 0.05) is 5.56 Å². The number of benzene rings is 2. The van der Waals surface area contributed by atoms with Crippen LogP contribution in [0.25, 0.3) is 11.1 Å². The molecule has 19 heavy (non-hydrogen) atoms. The molecular weight excluding hydrogens is 252 g/mol. The second-order valence-electron chi connectivity index (χ2n) is 4.05. The minimum Gasteiger partial charge on any atom is -0.480 e. The normalized spacial score (nSPS) is 12.2. The van der Waals surface area contributed by atoms with Gasteiger partial charge in [0.1, 0.15) is 6.04 Å². The number of carbonyl (C=O) groups is 1. The minimum atomic E-state index is -1.39. The van der Waals surface area contributed by atoms with Crippen LogP contribution in [0.4, 0.5) is 8.78 Å². The van der Waals surface area contributed by atoms with E-state index in [0.717, 1.165) is 6.07 Å². The van der Waals surface area contributed by atoms with Crippen molar-refractivity contribution in [1.82, 2.24) is 0 Å². The second-order valence-corrected chi connectivity index (χ2v) is 4.05. The molecule has 3 N–H and O–H groups in total. The van der Waals surface area contributed by atoms with Crippen LogP contribution in [0.1, 0.15) is 11.6 Å². The molecule has 0 saturated heterocycles. The molecule has 0 aliphatic rings. The molecule has 3 nitrogen and oxygen atoms in total. The topological polar surface area (TPSA) is 63.3 Å². The lowest BCUT2D eigenvalue weighted by Gasteiger charge is -2.11. The SMILES string of the molecule is NC(C(=O)O)c1cc(F)c(F)c(-c2ccccc2)c1. The van der Waals surface area contributed by atoms with Crippen molar-refractivity contribution in [2.75, 3.05) is 0 Å². The van der Waals surface area contributed by atoms with Crippen molar-refractivity contribution >= 4 is 5.97 Å². The lowest BCUT2D eigenvalue weighted by molar-refractivity contribution is -0.138. The molecule has 1 unspecified atom stereocenters. The van der Waals surface area contributed by atoms with Gasteiger partial charge < -0.3 is 10.8 Å². The Balaban J connectivity index is 2.58. The Hall–Kier alpha value is -2.27. The average Bonchev–Trinajstić information content (AvgIpc) is 2.41. The molecule has 0 aliphatic heterocycles. The van der Waals surface area contributed by atoms with Crippen LogP contribution in [0.3, 0.4) is 0 Å². The van der Waals surface area contributed by atoms with Gasteiger partial charge in [0.25, 0.3) is 0 Å². The number of nitrogens with two attached hydrogens (primary N) is 1. The van der Waals surface area contributed by atoms with Gasteiger partial charge in [0.15, 0.2) is 11.6 Å². The standard InChI is InChI=1S/C14H11F2NO2/c15-11-7-9(13(17)14(18)19)6-10(12(11)16)8-4-2-1-3-5-8/h1-7,13H,17H2,(H,18,19). The zero-order valence-corrected chi connectivity index (χ0v) is 9.81. The van der Waals surface area contributed by atoms with Crippen LogP contribution in [0, 0.1) is 11.6 Å². The maximum absolute atomic E-state index is 13.8. The molecule has 2 aromatic carbocycles. The third-order valence-electron chi connectivity index (χ3n) is 2.76. The Labute approximate surface area is 108 Å². The van der Waals surface area contributed by atoms with Crippen LogP contribution in [0.5, 0.6) is 0 Å². The van der Waals surface area contributed by atoms with E-state index in [1.54, 1.807) is 30.3 Å². The summed E-state index contributed by atoms with van der Waals surface area (Å²) in [5.74, 6) is -3.44. The molecule has 2 rings (SSSR count). The maximum atomic E-state index is 13.8. The van der Waals surface area contributed by atoms with E-state index in [4.69, 9.17) is 10.8 Å². The quantitative estimate of drug-likeness (QED) is 0.894. The van der Waals surface area contributed by atoms with Crippen LogP contribution in [-0.4, -0.2) is 11.1 Å². The van der Waals surface area contributed by atoms with Gasteiger partial charge >= 0.3 is 5.97 Å². The first-order chi connectivity index (χ1) is 9.00. The summed E-state index contributed by atoms with van der Waals surface area (Å²) in [5, 5.41) is 8.82. The summed E-state index contributed by atoms with van der Waals surface area (Å²) in [5.41, 5.74) is 5.88. The molecule has 0 aliphatic carbocycles. The van der Waals surface area contributed by atoms with E-state index in [-0.39, 0.29) is 11.1 Å². The Kier molecular flexibility index (Phi) is 3.57. The summed E-state index contributed by atoms with van der Waals surface area (Å²) in [6, 6.07) is 8.98. The van der Waals surface area contributed by atoms with Crippen molar-refractivity contribution < 1.29 is 18.7 Å². The van der Waals surface area contributed by atoms with Crippen molar-refractivity contribution in [1.29, 1.82) is 0 Å². The first-order valence-electron chi connectivity index (χ1n) is 5.53. The van der Waals surface area contributed by atoms with Gasteiger partial charge in [-0.05, 0) is 23.3 Å². The van der Waals surface area contributed by atoms with Gasteiger partial charge in [-0.2, -0.15) is 0 Å². The van der Waals surface area contributed by atoms with Gasteiger partial charge in [-0.3, -0.25) is 4.79 Å². The van der Waals surface area contributed by atoms with Crippen molar-refractivity contribution in [3.8, 4) is 11.1 Å². The monoisotopic (exact) mass is 263 g/mol. The highest BCUT2D eigenvalue weighted by atomic mass is 19.2. The van der Waals surface area contributed by atoms with Crippen molar-refractivity contribution in [3.05, 3.63) is 59.7 Å². The Morgan fingerprint density at radius 1 is 1.16 bits per heavy atom. The zero-order valence-electron chi connectivity index (χ0n) is 9.81. The predicted octanol–water partition coefficient (Wildman–Crippen LogP) is 2.72. The van der Waals surface area contributed by atoms with E-state index in [1.807, 2.05) is 0 Å². The fourth-order valence-electron chi connectivity index (χ4n) is 1.76. The number of hydrogen-bond acceptors (Lipinski definition) is 2. The Bertz CT molecular complexity index is 614. The molecular formula is C14H11F2NO2. The van der Waals surface area contributed by atoms with E-state index < -0.39 is 23.6 Å². The van der Waals surface area contributed by atoms with Crippen LogP contribution < -0.4 is 5.73 Å². The number of carboxylic acids is 1. The van der Waals surface area contributed by atoms with Gasteiger partial charge in [0.05, 0.1) is 0 Å². The molecule has 5 heteroatoms. The molecule has 0 heterocycles. The fourth-order valence-corrected chi connectivity index (χ4v) is 1.76. The molecule has 0 radical (unpaired) electrons. The summed E-state index contributed by atoms with van der Waals surface area (Å²) in [4.78, 5) is 10.8. The Morgan fingerprint density at radius 2 is 1.79 bits per heavy atom. The molecule has 1 atom stereocenters. The lowest BCUT2D eigenvalue weighted by atomic mass is 9.99. The number of aliphatic carboxylic acids is 1. The van der Waals surface area contributed by atoms with E-state index >= 15 is 0 Å². The molecule has 98 valence electrons. The number of hydrogen-bond donors (Lipinski definition) is 2. The highest BCUT2D eigenvalue weighted by Crippen LogP contribution is 2.27. The summed E-state index contributed by atoms with van der Waals surface area (Å²) in [6.07, 6.45) is 0. The minimum absolute atomic E-state index is 0.00713. The van der Waals surface area contributed by atoms with E-state index in [1.165, 1.54) is 6.07 Å². The number of halogens is 2. The number of carboxylic acid groups (broad SMARTS) is 1. The highest BCUT2D eigenvalue weighted by Gasteiger charge is 2.19. The van der Waals surface area contributed by atoms with Gasteiger partial charge in [-0.15, -0.1) is 0 Å². The fraction of sp³-hybridized carbons (Fsp3) is 0.0714. The first kappa shape index (κ1) is 13.2. The highest BCUT2D eigenvalue weighted by molar-refractivity contribution is 5.76. The predicted molar refractivity (Wildman–Crippen MR) is 66.4 cm³/mol. The van der Waals surface area contributed by atoms with Gasteiger partial charge in [-0.25, -0.2) is 8.78 Å². The third-order valence-corrected chi connectivity index (χ3v) is 2.76. The molecule has 0 spiro atoms. The molecule has 2 aromatic rings. The molecule has 0 fully saturated rings. The largest absolute Gasteiger partial charge is 0.480 e. The van der Waals surface area contributed by atoms with Crippen LogP contribution in [0.2, 0.25) is 0 Å². The van der Waals surface area contributed by atoms with E-state index in [9.17, 15) is 13.6 Å². The van der Waals surface area contributed by atoms with Gasteiger partial charge in [-0.1, -0.05) is 30.3 Å². The second kappa shape index (κ2) is 5.16. The third kappa shape index (κ3) is 2.61. The molecule has 0 aromatic heterocycles. The van der Waals surface area contributed by atoms with Crippen molar-refractivity contribution in [2.45, 2.75) is 6.04 Å². The zero-order chi connectivity index (χ0) is 14.0. The van der Waals surface area contributed by atoms with E-state index in [0.29, 0.717) is 5.56 Å². The Morgan fingerprint density at radius 3 is 2.37 bits per heavy atom. The van der Waals surface area contributed by atoms with Crippen molar-refractivity contribution in [2.24, 2.45) is 5.73 Å². The summed E-state index contributed by atoms with van der Waals surface area (Å²) < 4.78 is 27.3. The summed E-state index contributed by atoms with van der Waals surface area (Å²) in [6.45, 7) is 0. The molecule has 0 amide bonds. The van der Waals surface area contributed by atoms with Crippen LogP contribution in [0.15, 0.2) is 42.5 Å². The molecule has 0 saturated carbocycles. The van der Waals surface area contributed by atoms with Gasteiger partial charge in [0.2, 0.25) is 0 Å². The van der Waals surface area contributed by atoms with Crippen molar-refractivity contribution in [3.63, 3.8) is 0 Å². The average molecular weight is 263 g/mol. The van der Waals surface area contributed by atoms with Crippen LogP contribution >= 0.6 is 0 Å². The first-order valence-corrected chi connectivity index (χ1v) is 5.53. The number of rotatable bonds is 3. The maximum Gasteiger partial charge on any atom is 0.325 e. The van der Waals surface area contributed by atoms with Crippen LogP contribution in [-0.2, 0) is 4.79 Å². The summed E-state index contributed by atoms with van der Waals surface area (Å²) >= 11 is 0. The van der Waals surface area contributed by atoms with E-state index in [2.05, 4.69) is 0 Å². The smallest absolute Gasteiger partial charge is 0.325 e. The molecule has 0 bridgehead atoms. The summed E-state index contributed by atoms with van der Waals surface area (Å²) in [7, 11) is 0.